The molecule has 0 saturated heterocycles. The van der Waals surface area contributed by atoms with Crippen LogP contribution < -0.4 is 4.90 Å². The SMILES string of the molecule is CN(Cc1nccs1)c1ncc(Cl)cc1Br. The normalized spacial score (nSPS) is 10.4. The lowest BCUT2D eigenvalue weighted by Crippen LogP contribution is -2.17. The Hall–Kier alpha value is -0.650. The van der Waals surface area contributed by atoms with Gasteiger partial charge in [0.1, 0.15) is 10.8 Å². The summed E-state index contributed by atoms with van der Waals surface area (Å²) in [6, 6.07) is 1.84. The van der Waals surface area contributed by atoms with Crippen molar-refractivity contribution < 1.29 is 0 Å². The van der Waals surface area contributed by atoms with Crippen molar-refractivity contribution in [2.24, 2.45) is 0 Å². The van der Waals surface area contributed by atoms with E-state index in [1.165, 1.54) is 0 Å². The molecule has 0 aliphatic rings. The van der Waals surface area contributed by atoms with Gasteiger partial charge in [-0.25, -0.2) is 9.97 Å². The van der Waals surface area contributed by atoms with Crippen molar-refractivity contribution in [1.29, 1.82) is 0 Å². The fourth-order valence-electron chi connectivity index (χ4n) is 1.30. The third-order valence-electron chi connectivity index (χ3n) is 2.01. The van der Waals surface area contributed by atoms with E-state index in [0.717, 1.165) is 21.8 Å². The lowest BCUT2D eigenvalue weighted by Gasteiger charge is -2.17. The van der Waals surface area contributed by atoms with Gasteiger partial charge >= 0.3 is 0 Å². The molecule has 0 saturated carbocycles. The molecule has 0 aromatic carbocycles. The maximum Gasteiger partial charge on any atom is 0.143 e. The van der Waals surface area contributed by atoms with Crippen LogP contribution in [0.25, 0.3) is 0 Å². The van der Waals surface area contributed by atoms with Gasteiger partial charge in [-0.15, -0.1) is 11.3 Å². The van der Waals surface area contributed by atoms with Crippen LogP contribution in [0.3, 0.4) is 0 Å². The van der Waals surface area contributed by atoms with Crippen molar-refractivity contribution in [3.05, 3.63) is 38.3 Å². The first-order valence-corrected chi connectivity index (χ1v) is 6.62. The first-order valence-electron chi connectivity index (χ1n) is 4.57. The maximum absolute atomic E-state index is 5.84. The molecule has 0 bridgehead atoms. The maximum atomic E-state index is 5.84. The van der Waals surface area contributed by atoms with Crippen LogP contribution in [-0.2, 0) is 6.54 Å². The Morgan fingerprint density at radius 3 is 2.94 bits per heavy atom. The first kappa shape index (κ1) is 11.8. The van der Waals surface area contributed by atoms with E-state index in [-0.39, 0.29) is 0 Å². The topological polar surface area (TPSA) is 29.0 Å². The molecule has 3 nitrogen and oxygen atoms in total. The van der Waals surface area contributed by atoms with Gasteiger partial charge < -0.3 is 4.90 Å². The van der Waals surface area contributed by atoms with Crippen LogP contribution in [0.15, 0.2) is 28.3 Å². The van der Waals surface area contributed by atoms with E-state index in [1.54, 1.807) is 23.7 Å². The average Bonchev–Trinajstić information content (AvgIpc) is 2.70. The minimum Gasteiger partial charge on any atom is -0.352 e. The molecular formula is C10H9BrClN3S. The quantitative estimate of drug-likeness (QED) is 0.866. The second-order valence-corrected chi connectivity index (χ2v) is 5.51. The molecule has 16 heavy (non-hydrogen) atoms. The van der Waals surface area contributed by atoms with Crippen LogP contribution in [0, 0.1) is 0 Å². The van der Waals surface area contributed by atoms with Gasteiger partial charge in [0.15, 0.2) is 0 Å². The predicted molar refractivity (Wildman–Crippen MR) is 71.2 cm³/mol. The zero-order valence-corrected chi connectivity index (χ0v) is 11.7. The van der Waals surface area contributed by atoms with E-state index in [1.807, 2.05) is 23.4 Å². The van der Waals surface area contributed by atoms with E-state index < -0.39 is 0 Å². The monoisotopic (exact) mass is 317 g/mol. The van der Waals surface area contributed by atoms with Crippen LogP contribution in [0.4, 0.5) is 5.82 Å². The molecule has 0 aliphatic carbocycles. The first-order chi connectivity index (χ1) is 7.66. The molecule has 0 N–H and O–H groups in total. The van der Waals surface area contributed by atoms with Gasteiger partial charge in [0.2, 0.25) is 0 Å². The van der Waals surface area contributed by atoms with Crippen molar-refractivity contribution in [1.82, 2.24) is 9.97 Å². The number of rotatable bonds is 3. The number of halogens is 2. The van der Waals surface area contributed by atoms with Crippen molar-refractivity contribution in [3.8, 4) is 0 Å². The van der Waals surface area contributed by atoms with Crippen LogP contribution >= 0.6 is 38.9 Å². The van der Waals surface area contributed by atoms with Gasteiger partial charge in [0, 0.05) is 24.8 Å². The summed E-state index contributed by atoms with van der Waals surface area (Å²) < 4.78 is 0.888. The predicted octanol–water partition coefficient (Wildman–Crippen LogP) is 3.59. The van der Waals surface area contributed by atoms with Gasteiger partial charge in [0.25, 0.3) is 0 Å². The zero-order valence-electron chi connectivity index (χ0n) is 8.52. The van der Waals surface area contributed by atoms with Gasteiger partial charge in [-0.05, 0) is 22.0 Å². The van der Waals surface area contributed by atoms with Crippen LogP contribution in [0.5, 0.6) is 0 Å². The number of nitrogens with zero attached hydrogens (tertiary/aromatic N) is 3. The lowest BCUT2D eigenvalue weighted by molar-refractivity contribution is 0.884. The van der Waals surface area contributed by atoms with Gasteiger partial charge in [-0.2, -0.15) is 0 Å². The Morgan fingerprint density at radius 1 is 1.50 bits per heavy atom. The summed E-state index contributed by atoms with van der Waals surface area (Å²) in [5, 5.41) is 3.65. The third-order valence-corrected chi connectivity index (χ3v) is 3.56. The Kier molecular flexibility index (Phi) is 3.78. The Morgan fingerprint density at radius 2 is 2.31 bits per heavy atom. The standard InChI is InChI=1S/C10H9BrClN3S/c1-15(6-9-13-2-3-16-9)10-8(11)4-7(12)5-14-10/h2-5H,6H2,1H3. The van der Waals surface area contributed by atoms with E-state index in [2.05, 4.69) is 25.9 Å². The highest BCUT2D eigenvalue weighted by atomic mass is 79.9. The Balaban J connectivity index is 2.17. The highest BCUT2D eigenvalue weighted by Crippen LogP contribution is 2.26. The molecule has 0 radical (unpaired) electrons. The van der Waals surface area contributed by atoms with E-state index in [4.69, 9.17) is 11.6 Å². The molecule has 2 aromatic heterocycles. The van der Waals surface area contributed by atoms with E-state index >= 15 is 0 Å². The van der Waals surface area contributed by atoms with Gasteiger partial charge in [-0.1, -0.05) is 11.6 Å². The highest BCUT2D eigenvalue weighted by molar-refractivity contribution is 9.10. The molecule has 2 rings (SSSR count). The summed E-state index contributed by atoms with van der Waals surface area (Å²) in [7, 11) is 1.97. The van der Waals surface area contributed by atoms with E-state index in [9.17, 15) is 0 Å². The molecule has 0 amide bonds. The molecule has 0 fully saturated rings. The fourth-order valence-corrected chi connectivity index (χ4v) is 2.91. The molecule has 0 aliphatic heterocycles. The van der Waals surface area contributed by atoms with Crippen LogP contribution in [0.2, 0.25) is 5.02 Å². The zero-order chi connectivity index (χ0) is 11.5. The van der Waals surface area contributed by atoms with Crippen molar-refractivity contribution >= 4 is 44.7 Å². The summed E-state index contributed by atoms with van der Waals surface area (Å²) in [6.45, 7) is 0.741. The van der Waals surface area contributed by atoms with Gasteiger partial charge in [0.05, 0.1) is 16.0 Å². The number of hydrogen-bond acceptors (Lipinski definition) is 4. The average molecular weight is 319 g/mol. The summed E-state index contributed by atoms with van der Waals surface area (Å²) >= 11 is 10.9. The molecule has 0 atom stereocenters. The van der Waals surface area contributed by atoms with Crippen molar-refractivity contribution in [2.75, 3.05) is 11.9 Å². The molecule has 2 aromatic rings. The van der Waals surface area contributed by atoms with Crippen LogP contribution in [0.1, 0.15) is 5.01 Å². The van der Waals surface area contributed by atoms with Gasteiger partial charge in [-0.3, -0.25) is 0 Å². The number of aromatic nitrogens is 2. The summed E-state index contributed by atoms with van der Waals surface area (Å²) in [5.41, 5.74) is 0. The summed E-state index contributed by atoms with van der Waals surface area (Å²) in [5.74, 6) is 0.861. The molecule has 0 spiro atoms. The highest BCUT2D eigenvalue weighted by Gasteiger charge is 2.09. The smallest absolute Gasteiger partial charge is 0.143 e. The second kappa shape index (κ2) is 5.12. The minimum atomic E-state index is 0.623. The fraction of sp³-hybridized carbons (Fsp3) is 0.200. The van der Waals surface area contributed by atoms with Crippen LogP contribution in [-0.4, -0.2) is 17.0 Å². The lowest BCUT2D eigenvalue weighted by atomic mass is 10.4. The Bertz CT molecular complexity index is 475. The number of anilines is 1. The number of hydrogen-bond donors (Lipinski definition) is 0. The summed E-state index contributed by atoms with van der Waals surface area (Å²) in [4.78, 5) is 10.5. The molecule has 0 unspecified atom stereocenters. The van der Waals surface area contributed by atoms with Crippen molar-refractivity contribution in [2.45, 2.75) is 6.54 Å². The number of pyridine rings is 1. The summed E-state index contributed by atoms with van der Waals surface area (Å²) in [6.07, 6.45) is 3.44. The van der Waals surface area contributed by atoms with Crippen molar-refractivity contribution in [3.63, 3.8) is 0 Å². The molecule has 6 heteroatoms. The van der Waals surface area contributed by atoms with E-state index in [0.29, 0.717) is 5.02 Å². The number of thiazole rings is 1. The Labute approximate surface area is 111 Å². The third kappa shape index (κ3) is 2.72. The molecule has 2 heterocycles. The molecular weight excluding hydrogens is 310 g/mol. The largest absolute Gasteiger partial charge is 0.352 e. The molecule has 84 valence electrons. The second-order valence-electron chi connectivity index (χ2n) is 3.24. The minimum absolute atomic E-state index is 0.623.